The van der Waals surface area contributed by atoms with Crippen LogP contribution in [0.1, 0.15) is 26.3 Å². The van der Waals surface area contributed by atoms with Crippen LogP contribution < -0.4 is 10.1 Å². The molecule has 0 fully saturated rings. The molecule has 2 aromatic rings. The highest BCUT2D eigenvalue weighted by molar-refractivity contribution is 5.71. The second-order valence-electron chi connectivity index (χ2n) is 5.02. The average molecular weight is 329 g/mol. The molecule has 2 rings (SSSR count). The van der Waals surface area contributed by atoms with Crippen LogP contribution in [0.3, 0.4) is 0 Å². The van der Waals surface area contributed by atoms with E-state index in [-0.39, 0.29) is 18.6 Å². The Bertz CT molecular complexity index is 558. The first kappa shape index (κ1) is 19.7. The van der Waals surface area contributed by atoms with Crippen LogP contribution in [0.5, 0.6) is 5.75 Å². The largest absolute Gasteiger partial charge is 0.489 e. The maximum atomic E-state index is 11.6. The molecule has 0 bridgehead atoms. The van der Waals surface area contributed by atoms with Crippen molar-refractivity contribution in [3.8, 4) is 5.75 Å². The van der Waals surface area contributed by atoms with Crippen molar-refractivity contribution in [1.29, 1.82) is 0 Å². The van der Waals surface area contributed by atoms with Crippen LogP contribution in [0.2, 0.25) is 0 Å². The Morgan fingerprint density at radius 3 is 2.21 bits per heavy atom. The van der Waals surface area contributed by atoms with Gasteiger partial charge in [0.25, 0.3) is 0 Å². The van der Waals surface area contributed by atoms with Gasteiger partial charge in [-0.15, -0.1) is 0 Å². The topological polar surface area (TPSA) is 47.6 Å². The zero-order valence-electron chi connectivity index (χ0n) is 14.7. The van der Waals surface area contributed by atoms with E-state index in [1.807, 2.05) is 81.4 Å². The summed E-state index contributed by atoms with van der Waals surface area (Å²) in [6, 6.07) is 19.2. The molecule has 1 unspecified atom stereocenters. The molecule has 4 nitrogen and oxygen atoms in total. The average Bonchev–Trinajstić information content (AvgIpc) is 2.63. The number of benzene rings is 2. The number of rotatable bonds is 8. The molecule has 0 saturated heterocycles. The van der Waals surface area contributed by atoms with Crippen molar-refractivity contribution in [2.45, 2.75) is 33.5 Å². The van der Waals surface area contributed by atoms with Crippen LogP contribution >= 0.6 is 0 Å². The van der Waals surface area contributed by atoms with Crippen molar-refractivity contribution in [3.63, 3.8) is 0 Å². The molecule has 0 radical (unpaired) electrons. The van der Waals surface area contributed by atoms with Crippen LogP contribution in [-0.2, 0) is 16.1 Å². The van der Waals surface area contributed by atoms with E-state index in [1.54, 1.807) is 0 Å². The Hall–Kier alpha value is -2.33. The fraction of sp³-hybridized carbons (Fsp3) is 0.350. The summed E-state index contributed by atoms with van der Waals surface area (Å²) in [7, 11) is 0. The molecule has 0 aromatic heterocycles. The Morgan fingerprint density at radius 1 is 1.00 bits per heavy atom. The zero-order valence-corrected chi connectivity index (χ0v) is 14.7. The first-order valence-electron chi connectivity index (χ1n) is 8.36. The van der Waals surface area contributed by atoms with Crippen molar-refractivity contribution in [1.82, 2.24) is 5.32 Å². The molecule has 4 heteroatoms. The van der Waals surface area contributed by atoms with Crippen LogP contribution in [-0.4, -0.2) is 25.2 Å². The first-order valence-corrected chi connectivity index (χ1v) is 8.36. The summed E-state index contributed by atoms with van der Waals surface area (Å²) in [5.74, 6) is 0.555. The first-order chi connectivity index (χ1) is 11.7. The van der Waals surface area contributed by atoms with Crippen molar-refractivity contribution >= 4 is 5.97 Å². The lowest BCUT2D eigenvalue weighted by atomic mass is 10.2. The van der Waals surface area contributed by atoms with E-state index >= 15 is 0 Å². The van der Waals surface area contributed by atoms with Crippen LogP contribution in [0.25, 0.3) is 0 Å². The van der Waals surface area contributed by atoms with Gasteiger partial charge in [0.15, 0.2) is 0 Å². The number of nitrogens with one attached hydrogen (secondary N) is 1. The molecule has 24 heavy (non-hydrogen) atoms. The van der Waals surface area contributed by atoms with E-state index in [4.69, 9.17) is 9.47 Å². The Kier molecular flexibility index (Phi) is 9.97. The predicted octanol–water partition coefficient (Wildman–Crippen LogP) is 3.81. The molecule has 0 spiro atoms. The zero-order chi connectivity index (χ0) is 17.6. The maximum absolute atomic E-state index is 11.6. The quantitative estimate of drug-likeness (QED) is 0.748. The van der Waals surface area contributed by atoms with Gasteiger partial charge in [-0.1, -0.05) is 62.4 Å². The number of ether oxygens (including phenoxy) is 2. The highest BCUT2D eigenvalue weighted by Crippen LogP contribution is 2.10. The van der Waals surface area contributed by atoms with Gasteiger partial charge < -0.3 is 14.8 Å². The third-order valence-corrected chi connectivity index (χ3v) is 3.02. The molecule has 0 saturated carbocycles. The summed E-state index contributed by atoms with van der Waals surface area (Å²) in [5.41, 5.74) is 0.983. The van der Waals surface area contributed by atoms with Gasteiger partial charge in [0, 0.05) is 6.54 Å². The van der Waals surface area contributed by atoms with Crippen molar-refractivity contribution in [3.05, 3.63) is 66.2 Å². The molecule has 1 N–H and O–H groups in total. The summed E-state index contributed by atoms with van der Waals surface area (Å²) in [5, 5.41) is 3.04. The Balaban J connectivity index is 0.00000139. The lowest BCUT2D eigenvalue weighted by Crippen LogP contribution is -2.33. The molecule has 0 aliphatic heterocycles. The fourth-order valence-corrected chi connectivity index (χ4v) is 1.94. The van der Waals surface area contributed by atoms with Gasteiger partial charge in [-0.2, -0.15) is 0 Å². The molecule has 0 heterocycles. The molecule has 2 aromatic carbocycles. The molecule has 0 aliphatic carbocycles. The van der Waals surface area contributed by atoms with E-state index in [0.29, 0.717) is 13.2 Å². The fourth-order valence-electron chi connectivity index (χ4n) is 1.94. The summed E-state index contributed by atoms with van der Waals surface area (Å²) in [6.45, 7) is 7.01. The van der Waals surface area contributed by atoms with Crippen LogP contribution in [0.4, 0.5) is 0 Å². The molecular formula is C20H27NO3. The van der Waals surface area contributed by atoms with Gasteiger partial charge >= 0.3 is 5.97 Å². The molecular weight excluding hydrogens is 302 g/mol. The third kappa shape index (κ3) is 8.34. The standard InChI is InChI=1S/C18H21NO3.C2H6/c1-15(22-17-10-6-3-7-11-17)12-19-13-18(20)21-14-16-8-4-2-5-9-16;1-2/h2-11,15,19H,12-14H2,1H3;1-2H3. The second-order valence-corrected chi connectivity index (χ2v) is 5.02. The second kappa shape index (κ2) is 12.1. The highest BCUT2D eigenvalue weighted by Gasteiger charge is 2.06. The van der Waals surface area contributed by atoms with E-state index in [0.717, 1.165) is 11.3 Å². The monoisotopic (exact) mass is 329 g/mol. The molecule has 0 aliphatic rings. The van der Waals surface area contributed by atoms with Gasteiger partial charge in [-0.3, -0.25) is 4.79 Å². The van der Waals surface area contributed by atoms with Gasteiger partial charge in [0.05, 0.1) is 6.54 Å². The van der Waals surface area contributed by atoms with Gasteiger partial charge in [-0.05, 0) is 24.6 Å². The molecule has 1 atom stereocenters. The number of esters is 1. The number of hydrogen-bond donors (Lipinski definition) is 1. The summed E-state index contributed by atoms with van der Waals surface area (Å²) < 4.78 is 10.9. The number of para-hydroxylation sites is 1. The normalized spacial score (nSPS) is 11.0. The van der Waals surface area contributed by atoms with E-state index in [1.165, 1.54) is 0 Å². The van der Waals surface area contributed by atoms with Crippen molar-refractivity contribution in [2.75, 3.05) is 13.1 Å². The SMILES string of the molecule is CC.CC(CNCC(=O)OCc1ccccc1)Oc1ccccc1. The summed E-state index contributed by atoms with van der Waals surface area (Å²) in [4.78, 5) is 11.6. The van der Waals surface area contributed by atoms with Crippen LogP contribution in [0, 0.1) is 0 Å². The maximum Gasteiger partial charge on any atom is 0.320 e. The number of hydrogen-bond acceptors (Lipinski definition) is 4. The van der Waals surface area contributed by atoms with E-state index < -0.39 is 0 Å². The number of carbonyl (C=O) groups is 1. The highest BCUT2D eigenvalue weighted by atomic mass is 16.5. The lowest BCUT2D eigenvalue weighted by Gasteiger charge is -2.15. The number of carbonyl (C=O) groups excluding carboxylic acids is 1. The minimum Gasteiger partial charge on any atom is -0.489 e. The Morgan fingerprint density at radius 2 is 1.58 bits per heavy atom. The molecule has 130 valence electrons. The van der Waals surface area contributed by atoms with E-state index in [2.05, 4.69) is 5.32 Å². The smallest absolute Gasteiger partial charge is 0.320 e. The lowest BCUT2D eigenvalue weighted by molar-refractivity contribution is -0.143. The third-order valence-electron chi connectivity index (χ3n) is 3.02. The van der Waals surface area contributed by atoms with Crippen molar-refractivity contribution in [2.24, 2.45) is 0 Å². The van der Waals surface area contributed by atoms with E-state index in [9.17, 15) is 4.79 Å². The minimum absolute atomic E-state index is 0.0238. The summed E-state index contributed by atoms with van der Waals surface area (Å²) >= 11 is 0. The van der Waals surface area contributed by atoms with Gasteiger partial charge in [-0.25, -0.2) is 0 Å². The van der Waals surface area contributed by atoms with Crippen LogP contribution in [0.15, 0.2) is 60.7 Å². The predicted molar refractivity (Wildman–Crippen MR) is 97.0 cm³/mol. The van der Waals surface area contributed by atoms with Gasteiger partial charge in [0.1, 0.15) is 18.5 Å². The Labute approximate surface area is 144 Å². The minimum atomic E-state index is -0.268. The van der Waals surface area contributed by atoms with Crippen molar-refractivity contribution < 1.29 is 14.3 Å². The molecule has 0 amide bonds. The summed E-state index contributed by atoms with van der Waals surface area (Å²) in [6.07, 6.45) is -0.0238. The van der Waals surface area contributed by atoms with Gasteiger partial charge in [0.2, 0.25) is 0 Å².